The van der Waals surface area contributed by atoms with Crippen LogP contribution in [0, 0.1) is 0 Å². The van der Waals surface area contributed by atoms with Gasteiger partial charge >= 0.3 is 0 Å². The second-order valence-corrected chi connectivity index (χ2v) is 6.83. The molecule has 29 heavy (non-hydrogen) atoms. The van der Waals surface area contributed by atoms with Crippen LogP contribution < -0.4 is 14.2 Å². The molecule has 3 aromatic carbocycles. The molecule has 0 aliphatic carbocycles. The molecular formula is C25H22O4. The quantitative estimate of drug-likeness (QED) is 0.528. The molecule has 146 valence electrons. The number of carbonyl (C=O) groups excluding carboxylic acids is 1. The Bertz CT molecular complexity index is 1050. The standard InChI is InChI=1S/C25H22O4/c1-3-17-4-6-18(7-5-17)14-24-25(26)22-13-12-21(15-23(22)29-24)28-16-19-8-10-20(27-2)11-9-19/h4-15H,3,16H2,1-2H3/b24-14-. The normalized spacial score (nSPS) is 13.9. The van der Waals surface area contributed by atoms with Gasteiger partial charge in [0.2, 0.25) is 5.78 Å². The molecule has 0 saturated heterocycles. The number of hydrogen-bond donors (Lipinski definition) is 0. The van der Waals surface area contributed by atoms with Gasteiger partial charge in [-0.05, 0) is 53.5 Å². The predicted molar refractivity (Wildman–Crippen MR) is 113 cm³/mol. The van der Waals surface area contributed by atoms with E-state index < -0.39 is 0 Å². The van der Waals surface area contributed by atoms with Gasteiger partial charge in [0.1, 0.15) is 23.9 Å². The smallest absolute Gasteiger partial charge is 0.231 e. The van der Waals surface area contributed by atoms with E-state index >= 15 is 0 Å². The van der Waals surface area contributed by atoms with Gasteiger partial charge in [-0.25, -0.2) is 0 Å². The fraction of sp³-hybridized carbons (Fsp3) is 0.160. The molecule has 0 N–H and O–H groups in total. The van der Waals surface area contributed by atoms with Crippen LogP contribution in [0.25, 0.3) is 6.08 Å². The number of ether oxygens (including phenoxy) is 3. The first-order valence-corrected chi connectivity index (χ1v) is 9.59. The van der Waals surface area contributed by atoms with E-state index in [0.717, 1.165) is 23.3 Å². The van der Waals surface area contributed by atoms with Crippen molar-refractivity contribution in [1.82, 2.24) is 0 Å². The summed E-state index contributed by atoms with van der Waals surface area (Å²) in [7, 11) is 1.64. The summed E-state index contributed by atoms with van der Waals surface area (Å²) in [4.78, 5) is 12.6. The fourth-order valence-corrected chi connectivity index (χ4v) is 3.15. The molecule has 0 atom stereocenters. The van der Waals surface area contributed by atoms with Crippen LogP contribution in [0.5, 0.6) is 17.2 Å². The molecule has 1 heterocycles. The summed E-state index contributed by atoms with van der Waals surface area (Å²) in [5.41, 5.74) is 3.78. The van der Waals surface area contributed by atoms with Crippen molar-refractivity contribution in [2.75, 3.05) is 7.11 Å². The summed E-state index contributed by atoms with van der Waals surface area (Å²) in [5, 5.41) is 0. The summed E-state index contributed by atoms with van der Waals surface area (Å²) in [6.07, 6.45) is 2.76. The molecule has 3 aromatic rings. The number of aryl methyl sites for hydroxylation is 1. The van der Waals surface area contributed by atoms with E-state index in [1.165, 1.54) is 5.56 Å². The van der Waals surface area contributed by atoms with E-state index in [2.05, 4.69) is 19.1 Å². The highest BCUT2D eigenvalue weighted by Crippen LogP contribution is 2.35. The van der Waals surface area contributed by atoms with Crippen molar-refractivity contribution in [2.24, 2.45) is 0 Å². The van der Waals surface area contributed by atoms with Crippen molar-refractivity contribution < 1.29 is 19.0 Å². The SMILES string of the molecule is CCc1ccc(/C=C2\Oc3cc(OCc4ccc(OC)cc4)ccc3C2=O)cc1. The molecule has 0 fully saturated rings. The van der Waals surface area contributed by atoms with Gasteiger partial charge in [0, 0.05) is 6.07 Å². The zero-order valence-corrected chi connectivity index (χ0v) is 16.5. The van der Waals surface area contributed by atoms with Crippen molar-refractivity contribution >= 4 is 11.9 Å². The molecule has 0 bridgehead atoms. The van der Waals surface area contributed by atoms with Crippen LogP contribution in [0.3, 0.4) is 0 Å². The fourth-order valence-electron chi connectivity index (χ4n) is 3.15. The van der Waals surface area contributed by atoms with Gasteiger partial charge in [-0.15, -0.1) is 0 Å². The minimum Gasteiger partial charge on any atom is -0.497 e. The maximum Gasteiger partial charge on any atom is 0.231 e. The summed E-state index contributed by atoms with van der Waals surface area (Å²) in [6, 6.07) is 21.1. The molecule has 1 aliphatic heterocycles. The molecule has 0 radical (unpaired) electrons. The molecule has 0 amide bonds. The van der Waals surface area contributed by atoms with Crippen LogP contribution in [0.1, 0.15) is 34.0 Å². The summed E-state index contributed by atoms with van der Waals surface area (Å²) in [5.74, 6) is 2.21. The van der Waals surface area contributed by atoms with Crippen LogP contribution in [0.2, 0.25) is 0 Å². The van der Waals surface area contributed by atoms with Crippen molar-refractivity contribution in [3.63, 3.8) is 0 Å². The summed E-state index contributed by atoms with van der Waals surface area (Å²) < 4.78 is 16.8. The Hall–Kier alpha value is -3.53. The lowest BCUT2D eigenvalue weighted by atomic mass is 10.1. The van der Waals surface area contributed by atoms with Crippen LogP contribution in [0.4, 0.5) is 0 Å². The van der Waals surface area contributed by atoms with Gasteiger partial charge in [0.15, 0.2) is 5.76 Å². The highest BCUT2D eigenvalue weighted by Gasteiger charge is 2.27. The van der Waals surface area contributed by atoms with E-state index in [4.69, 9.17) is 14.2 Å². The molecular weight excluding hydrogens is 364 g/mol. The Morgan fingerprint density at radius 2 is 1.59 bits per heavy atom. The Labute approximate surface area is 170 Å². The van der Waals surface area contributed by atoms with E-state index in [1.54, 1.807) is 31.4 Å². The Morgan fingerprint density at radius 1 is 0.897 bits per heavy atom. The van der Waals surface area contributed by atoms with Gasteiger partial charge in [0.05, 0.1) is 12.7 Å². The minimum absolute atomic E-state index is 0.110. The number of ketones is 1. The first kappa shape index (κ1) is 18.8. The maximum absolute atomic E-state index is 12.6. The molecule has 4 heteroatoms. The monoisotopic (exact) mass is 386 g/mol. The van der Waals surface area contributed by atoms with Gasteiger partial charge in [-0.2, -0.15) is 0 Å². The van der Waals surface area contributed by atoms with Gasteiger partial charge in [-0.1, -0.05) is 43.3 Å². The lowest BCUT2D eigenvalue weighted by Crippen LogP contribution is -1.98. The lowest BCUT2D eigenvalue weighted by Gasteiger charge is -2.08. The van der Waals surface area contributed by atoms with E-state index in [9.17, 15) is 4.79 Å². The summed E-state index contributed by atoms with van der Waals surface area (Å²) >= 11 is 0. The highest BCUT2D eigenvalue weighted by molar-refractivity contribution is 6.14. The van der Waals surface area contributed by atoms with E-state index in [0.29, 0.717) is 29.4 Å². The third kappa shape index (κ3) is 4.16. The van der Waals surface area contributed by atoms with Gasteiger partial charge < -0.3 is 14.2 Å². The molecule has 0 unspecified atom stereocenters. The molecule has 4 rings (SSSR count). The Kier molecular flexibility index (Phi) is 5.34. The van der Waals surface area contributed by atoms with E-state index in [-0.39, 0.29) is 5.78 Å². The predicted octanol–water partition coefficient (Wildman–Crippen LogP) is 5.45. The molecule has 4 nitrogen and oxygen atoms in total. The van der Waals surface area contributed by atoms with Crippen LogP contribution >= 0.6 is 0 Å². The number of Topliss-reactive ketones (excluding diaryl/α,β-unsaturated/α-hetero) is 1. The average Bonchev–Trinajstić information content (AvgIpc) is 3.07. The number of fused-ring (bicyclic) bond motifs is 1. The third-order valence-corrected chi connectivity index (χ3v) is 4.89. The molecule has 0 aromatic heterocycles. The van der Waals surface area contributed by atoms with Crippen LogP contribution in [-0.2, 0) is 13.0 Å². The van der Waals surface area contributed by atoms with Crippen molar-refractivity contribution in [3.8, 4) is 17.2 Å². The maximum atomic E-state index is 12.6. The minimum atomic E-state index is -0.110. The number of hydrogen-bond acceptors (Lipinski definition) is 4. The van der Waals surface area contributed by atoms with Crippen molar-refractivity contribution in [1.29, 1.82) is 0 Å². The molecule has 1 aliphatic rings. The van der Waals surface area contributed by atoms with Gasteiger partial charge in [0.25, 0.3) is 0 Å². The second-order valence-electron chi connectivity index (χ2n) is 6.83. The summed E-state index contributed by atoms with van der Waals surface area (Å²) in [6.45, 7) is 2.53. The topological polar surface area (TPSA) is 44.8 Å². The Morgan fingerprint density at radius 3 is 2.28 bits per heavy atom. The Balaban J connectivity index is 1.46. The first-order chi connectivity index (χ1) is 14.2. The average molecular weight is 386 g/mol. The van der Waals surface area contributed by atoms with Crippen LogP contribution in [0.15, 0.2) is 72.5 Å². The first-order valence-electron chi connectivity index (χ1n) is 9.59. The third-order valence-electron chi connectivity index (χ3n) is 4.89. The second kappa shape index (κ2) is 8.23. The van der Waals surface area contributed by atoms with Gasteiger partial charge in [-0.3, -0.25) is 4.79 Å². The van der Waals surface area contributed by atoms with E-state index in [1.807, 2.05) is 36.4 Å². The van der Waals surface area contributed by atoms with Crippen LogP contribution in [-0.4, -0.2) is 12.9 Å². The van der Waals surface area contributed by atoms with Crippen molar-refractivity contribution in [3.05, 3.63) is 94.7 Å². The number of rotatable bonds is 6. The van der Waals surface area contributed by atoms with Crippen molar-refractivity contribution in [2.45, 2.75) is 20.0 Å². The largest absolute Gasteiger partial charge is 0.497 e. The number of benzene rings is 3. The lowest BCUT2D eigenvalue weighted by molar-refractivity contribution is 0.101. The highest BCUT2D eigenvalue weighted by atomic mass is 16.5. The number of allylic oxidation sites excluding steroid dienone is 1. The molecule has 0 saturated carbocycles. The zero-order valence-electron chi connectivity index (χ0n) is 16.5. The molecule has 0 spiro atoms. The zero-order chi connectivity index (χ0) is 20.2. The number of carbonyl (C=O) groups is 1. The number of methoxy groups -OCH3 is 1.